The molecular weight excluding hydrogens is 363 g/mol. The van der Waals surface area contributed by atoms with Gasteiger partial charge in [0.1, 0.15) is 7.05 Å². The summed E-state index contributed by atoms with van der Waals surface area (Å²) in [6.45, 7) is 7.25. The first-order valence-corrected chi connectivity index (χ1v) is 12.4. The van der Waals surface area contributed by atoms with E-state index in [-0.39, 0.29) is 11.1 Å². The molecule has 2 rings (SSSR count). The summed E-state index contributed by atoms with van der Waals surface area (Å²) in [6.07, 6.45) is -5.92. The minimum atomic E-state index is -4.73. The summed E-state index contributed by atoms with van der Waals surface area (Å²) in [7, 11) is -0.614. The van der Waals surface area contributed by atoms with Crippen molar-refractivity contribution in [2.24, 2.45) is 12.5 Å². The van der Waals surface area contributed by atoms with E-state index >= 15 is 0 Å². The van der Waals surface area contributed by atoms with Gasteiger partial charge in [0.2, 0.25) is 5.69 Å². The summed E-state index contributed by atoms with van der Waals surface area (Å²) in [5.41, 5.74) is -0.167. The number of aromatic nitrogens is 1. The Balaban J connectivity index is 2.82. The Hall–Kier alpha value is -1.62. The lowest BCUT2D eigenvalue weighted by Crippen LogP contribution is -2.47. The van der Waals surface area contributed by atoms with Crippen molar-refractivity contribution in [3.05, 3.63) is 47.2 Å². The van der Waals surface area contributed by atoms with Gasteiger partial charge in [0.05, 0.1) is 13.5 Å². The average molecular weight is 400 g/mol. The molecule has 1 nitrogen and oxygen atoms in total. The Labute approximate surface area is 169 Å². The SMILES string of the molecule is [2H]C([2H])([2H])c1ccc(-c2cc([Si](C)(C)C)c(C([2H])([2H])C(C)(C)C(F)(F)F)c[n+]2C)c(C)c1. The molecule has 1 aromatic heterocycles. The summed E-state index contributed by atoms with van der Waals surface area (Å²) in [5, 5.41) is 0.604. The Morgan fingerprint density at radius 1 is 1.15 bits per heavy atom. The van der Waals surface area contributed by atoms with E-state index in [4.69, 9.17) is 6.85 Å². The molecule has 0 saturated carbocycles. The summed E-state index contributed by atoms with van der Waals surface area (Å²) < 4.78 is 82.9. The maximum atomic E-state index is 13.8. The molecular formula is C22H31F3NSi+. The number of pyridine rings is 1. The lowest BCUT2D eigenvalue weighted by Gasteiger charge is -2.30. The highest BCUT2D eigenvalue weighted by atomic mass is 28.3. The van der Waals surface area contributed by atoms with Crippen molar-refractivity contribution in [2.75, 3.05) is 0 Å². The van der Waals surface area contributed by atoms with Crippen LogP contribution in [0.3, 0.4) is 0 Å². The monoisotopic (exact) mass is 399 g/mol. The van der Waals surface area contributed by atoms with Gasteiger partial charge in [-0.05, 0) is 37.0 Å². The lowest BCUT2D eigenvalue weighted by atomic mass is 9.85. The van der Waals surface area contributed by atoms with Gasteiger partial charge in [-0.1, -0.05) is 51.2 Å². The van der Waals surface area contributed by atoms with E-state index in [0.29, 0.717) is 10.9 Å². The van der Waals surface area contributed by atoms with E-state index in [1.54, 1.807) is 36.7 Å². The van der Waals surface area contributed by atoms with Crippen LogP contribution in [0, 0.1) is 19.2 Å². The molecule has 1 heterocycles. The van der Waals surface area contributed by atoms with Gasteiger partial charge < -0.3 is 0 Å². The Bertz CT molecular complexity index is 1020. The molecule has 0 aliphatic heterocycles. The Kier molecular flexibility index (Phi) is 4.02. The zero-order valence-electron chi connectivity index (χ0n) is 22.0. The molecule has 0 radical (unpaired) electrons. The van der Waals surface area contributed by atoms with Crippen LogP contribution >= 0.6 is 0 Å². The molecule has 0 saturated heterocycles. The fourth-order valence-corrected chi connectivity index (χ4v) is 4.50. The predicted molar refractivity (Wildman–Crippen MR) is 109 cm³/mol. The first kappa shape index (κ1) is 15.3. The van der Waals surface area contributed by atoms with Crippen LogP contribution in [0.15, 0.2) is 30.5 Å². The normalized spacial score (nSPS) is 16.9. The quantitative estimate of drug-likeness (QED) is 0.474. The molecule has 0 aliphatic carbocycles. The average Bonchev–Trinajstić information content (AvgIpc) is 2.58. The van der Waals surface area contributed by atoms with Gasteiger partial charge in [-0.15, -0.1) is 0 Å². The van der Waals surface area contributed by atoms with Crippen LogP contribution in [-0.2, 0) is 13.4 Å². The summed E-state index contributed by atoms with van der Waals surface area (Å²) in [4.78, 5) is 0. The zero-order valence-corrected chi connectivity index (χ0v) is 18.0. The number of hydrogen-bond acceptors (Lipinski definition) is 0. The van der Waals surface area contributed by atoms with Crippen molar-refractivity contribution >= 4 is 13.3 Å². The van der Waals surface area contributed by atoms with Gasteiger partial charge in [0.25, 0.3) is 0 Å². The van der Waals surface area contributed by atoms with Crippen LogP contribution in [0.2, 0.25) is 19.6 Å². The maximum Gasteiger partial charge on any atom is 0.394 e. The van der Waals surface area contributed by atoms with Crippen molar-refractivity contribution in [2.45, 2.75) is 59.8 Å². The number of benzene rings is 1. The number of halogens is 3. The third-order valence-electron chi connectivity index (χ3n) is 4.74. The van der Waals surface area contributed by atoms with E-state index in [0.717, 1.165) is 25.0 Å². The van der Waals surface area contributed by atoms with Crippen molar-refractivity contribution in [3.63, 3.8) is 0 Å². The zero-order chi connectivity index (χ0) is 25.1. The second kappa shape index (κ2) is 7.08. The highest BCUT2D eigenvalue weighted by molar-refractivity contribution is 6.89. The molecule has 0 atom stereocenters. The molecule has 0 unspecified atom stereocenters. The van der Waals surface area contributed by atoms with Gasteiger partial charge >= 0.3 is 6.18 Å². The highest BCUT2D eigenvalue weighted by Crippen LogP contribution is 2.40. The van der Waals surface area contributed by atoms with Crippen LogP contribution in [0.25, 0.3) is 11.3 Å². The second-order valence-corrected chi connectivity index (χ2v) is 13.7. The third-order valence-corrected chi connectivity index (χ3v) is 6.77. The van der Waals surface area contributed by atoms with Gasteiger partial charge in [-0.25, -0.2) is 4.57 Å². The standard InChI is InChI=1S/C22H31F3NSi/c1-15-9-10-18(16(2)11-15)19-12-20(27(6,7)8)17(14-26(19)5)13-21(3,4)22(23,24)25/h9-12,14H,13H2,1-8H3/q+1/i1D3,13D2. The summed E-state index contributed by atoms with van der Waals surface area (Å²) in [5.74, 6) is 0. The summed E-state index contributed by atoms with van der Waals surface area (Å²) in [6, 6.07) is 6.61. The molecule has 0 spiro atoms. The number of aryl methyl sites for hydroxylation is 3. The van der Waals surface area contributed by atoms with Gasteiger partial charge in [-0.2, -0.15) is 13.2 Å². The molecule has 1 aromatic carbocycles. The van der Waals surface area contributed by atoms with Crippen molar-refractivity contribution in [1.29, 1.82) is 0 Å². The number of rotatable bonds is 4. The Morgan fingerprint density at radius 3 is 2.26 bits per heavy atom. The molecule has 0 N–H and O–H groups in total. The largest absolute Gasteiger partial charge is 0.394 e. The van der Waals surface area contributed by atoms with Crippen molar-refractivity contribution < 1.29 is 24.6 Å². The maximum absolute atomic E-state index is 13.8. The molecule has 0 bridgehead atoms. The van der Waals surface area contributed by atoms with Crippen LogP contribution in [0.5, 0.6) is 0 Å². The van der Waals surface area contributed by atoms with Gasteiger partial charge in [0.15, 0.2) is 6.20 Å². The molecule has 0 amide bonds. The summed E-state index contributed by atoms with van der Waals surface area (Å²) >= 11 is 0. The second-order valence-electron chi connectivity index (χ2n) is 8.62. The minimum Gasteiger partial charge on any atom is -0.201 e. The first-order chi connectivity index (χ1) is 14.1. The minimum absolute atomic E-state index is 0.0435. The topological polar surface area (TPSA) is 3.88 Å². The van der Waals surface area contributed by atoms with Crippen LogP contribution < -0.4 is 9.75 Å². The van der Waals surface area contributed by atoms with Crippen LogP contribution in [0.1, 0.15) is 37.4 Å². The van der Waals surface area contributed by atoms with Crippen LogP contribution in [-0.4, -0.2) is 14.3 Å². The van der Waals surface area contributed by atoms with Gasteiger partial charge in [-0.3, -0.25) is 0 Å². The van der Waals surface area contributed by atoms with E-state index in [1.165, 1.54) is 12.3 Å². The lowest BCUT2D eigenvalue weighted by molar-refractivity contribution is -0.660. The third kappa shape index (κ3) is 4.62. The van der Waals surface area contributed by atoms with E-state index in [9.17, 15) is 13.2 Å². The van der Waals surface area contributed by atoms with E-state index in [2.05, 4.69) is 0 Å². The van der Waals surface area contributed by atoms with Crippen molar-refractivity contribution in [1.82, 2.24) is 0 Å². The van der Waals surface area contributed by atoms with E-state index in [1.807, 2.05) is 19.6 Å². The van der Waals surface area contributed by atoms with Crippen molar-refractivity contribution in [3.8, 4) is 11.3 Å². The molecule has 2 aromatic rings. The molecule has 148 valence electrons. The Morgan fingerprint density at radius 2 is 1.78 bits per heavy atom. The molecule has 27 heavy (non-hydrogen) atoms. The molecule has 0 fully saturated rings. The van der Waals surface area contributed by atoms with Gasteiger partial charge in [0, 0.05) is 24.0 Å². The number of nitrogens with zero attached hydrogens (tertiary/aromatic N) is 1. The molecule has 0 aliphatic rings. The fraction of sp³-hybridized carbons (Fsp3) is 0.500. The van der Waals surface area contributed by atoms with Crippen LogP contribution in [0.4, 0.5) is 13.2 Å². The number of hydrogen-bond donors (Lipinski definition) is 0. The number of alkyl halides is 3. The fourth-order valence-electron chi connectivity index (χ4n) is 3.00. The first-order valence-electron chi connectivity index (χ1n) is 11.4. The molecule has 5 heteroatoms. The predicted octanol–water partition coefficient (Wildman–Crippen LogP) is 5.47. The highest BCUT2D eigenvalue weighted by Gasteiger charge is 2.48. The van der Waals surface area contributed by atoms with E-state index < -0.39 is 32.9 Å². The smallest absolute Gasteiger partial charge is 0.201 e.